The first-order valence-corrected chi connectivity index (χ1v) is 13.6. The lowest BCUT2D eigenvalue weighted by atomic mass is 9.97. The molecule has 0 bridgehead atoms. The van der Waals surface area contributed by atoms with Crippen LogP contribution in [0.5, 0.6) is 0 Å². The highest BCUT2D eigenvalue weighted by Gasteiger charge is 2.41. The molecule has 0 rings (SSSR count). The number of hydrogen-bond acceptors (Lipinski definition) is 4. The summed E-state index contributed by atoms with van der Waals surface area (Å²) in [5, 5.41) is 0.102. The molecule has 0 spiro atoms. The van der Waals surface area contributed by atoms with Gasteiger partial charge in [-0.05, 0) is 49.9 Å². The molecule has 29 heavy (non-hydrogen) atoms. The lowest BCUT2D eigenvalue weighted by Crippen LogP contribution is -2.49. The summed E-state index contributed by atoms with van der Waals surface area (Å²) in [4.78, 5) is 11.9. The summed E-state index contributed by atoms with van der Waals surface area (Å²) in [6.07, 6.45) is 8.66. The number of allylic oxidation sites excluding steroid dienone is 1. The summed E-state index contributed by atoms with van der Waals surface area (Å²) in [6.45, 7) is 23.2. The van der Waals surface area contributed by atoms with E-state index in [1.807, 2.05) is 13.0 Å². The van der Waals surface area contributed by atoms with Gasteiger partial charge in [0.1, 0.15) is 12.7 Å². The van der Waals surface area contributed by atoms with Crippen molar-refractivity contribution in [1.29, 1.82) is 0 Å². The summed E-state index contributed by atoms with van der Waals surface area (Å²) in [6, 6.07) is 0. The van der Waals surface area contributed by atoms with Gasteiger partial charge in [-0.1, -0.05) is 45.9 Å². The summed E-state index contributed by atoms with van der Waals surface area (Å²) >= 11 is 0. The highest BCUT2D eigenvalue weighted by molar-refractivity contribution is 6.74. The van der Waals surface area contributed by atoms with Crippen molar-refractivity contribution in [2.24, 2.45) is 5.92 Å². The molecule has 0 aliphatic rings. The van der Waals surface area contributed by atoms with E-state index < -0.39 is 8.32 Å². The highest BCUT2D eigenvalue weighted by atomic mass is 28.4. The smallest absolute Gasteiger partial charge is 0.306 e. The van der Waals surface area contributed by atoms with E-state index in [1.54, 1.807) is 13.2 Å². The first kappa shape index (κ1) is 27.8. The molecule has 0 amide bonds. The molecule has 0 fully saturated rings. The van der Waals surface area contributed by atoms with Crippen LogP contribution in [0.1, 0.15) is 60.3 Å². The maximum atomic E-state index is 11.9. The fraction of sp³-hybridized carbons (Fsp3) is 0.708. The molecule has 0 saturated carbocycles. The Labute approximate surface area is 180 Å². The summed E-state index contributed by atoms with van der Waals surface area (Å²) in [5.41, 5.74) is 1.01. The normalized spacial score (nSPS) is 16.1. The molecule has 0 heterocycles. The van der Waals surface area contributed by atoms with E-state index in [0.29, 0.717) is 13.0 Å². The molecule has 0 radical (unpaired) electrons. The number of carbonyl (C=O) groups excluding carboxylic acids is 1. The minimum Gasteiger partial charge on any atom is -0.461 e. The Balaban J connectivity index is 5.05. The van der Waals surface area contributed by atoms with E-state index in [2.05, 4.69) is 60.0 Å². The van der Waals surface area contributed by atoms with Crippen LogP contribution >= 0.6 is 0 Å². The van der Waals surface area contributed by atoms with Crippen molar-refractivity contribution in [1.82, 2.24) is 0 Å². The summed E-state index contributed by atoms with van der Waals surface area (Å²) in [5.74, 6) is -0.0530. The molecule has 0 saturated heterocycles. The van der Waals surface area contributed by atoms with Crippen LogP contribution in [0.3, 0.4) is 0 Å². The van der Waals surface area contributed by atoms with Crippen LogP contribution in [-0.4, -0.2) is 40.2 Å². The van der Waals surface area contributed by atoms with Crippen LogP contribution in [0.4, 0.5) is 0 Å². The van der Waals surface area contributed by atoms with E-state index in [0.717, 1.165) is 24.8 Å². The molecule has 0 aliphatic carbocycles. The van der Waals surface area contributed by atoms with E-state index >= 15 is 0 Å². The van der Waals surface area contributed by atoms with E-state index in [4.69, 9.17) is 13.9 Å². The van der Waals surface area contributed by atoms with Crippen molar-refractivity contribution in [3.63, 3.8) is 0 Å². The molecule has 168 valence electrons. The van der Waals surface area contributed by atoms with Crippen LogP contribution in [0.2, 0.25) is 18.1 Å². The van der Waals surface area contributed by atoms with Gasteiger partial charge < -0.3 is 13.9 Å². The number of hydrogen-bond donors (Lipinski definition) is 0. The number of esters is 1. The maximum absolute atomic E-state index is 11.9. The first-order chi connectivity index (χ1) is 13.4. The molecule has 0 aromatic carbocycles. The zero-order chi connectivity index (χ0) is 22.7. The third-order valence-corrected chi connectivity index (χ3v) is 10.1. The van der Waals surface area contributed by atoms with Gasteiger partial charge in [-0.2, -0.15) is 0 Å². The molecule has 0 aliphatic heterocycles. The van der Waals surface area contributed by atoms with E-state index in [-0.39, 0.29) is 29.1 Å². The van der Waals surface area contributed by atoms with Gasteiger partial charge in [-0.3, -0.25) is 4.79 Å². The van der Waals surface area contributed by atoms with Gasteiger partial charge in [0.2, 0.25) is 0 Å². The van der Waals surface area contributed by atoms with Crippen LogP contribution in [0, 0.1) is 5.92 Å². The Bertz CT molecular complexity index is 546. The predicted molar refractivity (Wildman–Crippen MR) is 126 cm³/mol. The van der Waals surface area contributed by atoms with E-state index in [9.17, 15) is 4.79 Å². The molecular formula is C24H44O4Si. The second-order valence-corrected chi connectivity index (χ2v) is 14.1. The molecule has 4 nitrogen and oxygen atoms in total. The molecule has 0 aromatic rings. The van der Waals surface area contributed by atoms with Crippen molar-refractivity contribution >= 4 is 14.3 Å². The van der Waals surface area contributed by atoms with Crippen LogP contribution < -0.4 is 0 Å². The molecular weight excluding hydrogens is 380 g/mol. The fourth-order valence-electron chi connectivity index (χ4n) is 2.77. The number of methoxy groups -OCH3 is 1. The van der Waals surface area contributed by atoms with Crippen LogP contribution in [0.25, 0.3) is 0 Å². The van der Waals surface area contributed by atoms with Gasteiger partial charge in [0, 0.05) is 19.4 Å². The standard InChI is InChI=1S/C24H44O4Si/c1-11-13-14-15-16-22(25)27-18-19(3)17-20(4)23(21(12-2)26-8)28-29(9,10)24(5,6)7/h11-12,17,20-21,23H,1-2,13-16,18H2,3-10H3/b19-17+/t20-,21-,23+/m1/s1. The zero-order valence-corrected chi connectivity index (χ0v) is 21.0. The SMILES string of the molecule is C=CCCCCC(=O)OC/C(C)=C/[C@@H](C)[C@H](O[Si](C)(C)C(C)(C)C)[C@@H](C=C)OC. The molecule has 0 N–H and O–H groups in total. The molecule has 0 aromatic heterocycles. The molecule has 3 atom stereocenters. The predicted octanol–water partition coefficient (Wildman–Crippen LogP) is 6.45. The fourth-order valence-corrected chi connectivity index (χ4v) is 4.15. The maximum Gasteiger partial charge on any atom is 0.306 e. The monoisotopic (exact) mass is 424 g/mol. The van der Waals surface area contributed by atoms with Gasteiger partial charge in [0.25, 0.3) is 0 Å². The summed E-state index contributed by atoms with van der Waals surface area (Å²) < 4.78 is 17.8. The Kier molecular flexibility index (Phi) is 12.7. The van der Waals surface area contributed by atoms with Gasteiger partial charge >= 0.3 is 5.97 Å². The molecule has 0 unspecified atom stereocenters. The van der Waals surface area contributed by atoms with E-state index in [1.165, 1.54) is 0 Å². The van der Waals surface area contributed by atoms with Crippen molar-refractivity contribution in [2.45, 2.75) is 90.6 Å². The number of ether oxygens (including phenoxy) is 2. The van der Waals surface area contributed by atoms with Crippen LogP contribution in [0.15, 0.2) is 37.0 Å². The van der Waals surface area contributed by atoms with Gasteiger partial charge in [-0.25, -0.2) is 0 Å². The Hall–Kier alpha value is -1.17. The minimum absolute atomic E-state index is 0.0957. The quantitative estimate of drug-likeness (QED) is 0.139. The Morgan fingerprint density at radius 3 is 2.28 bits per heavy atom. The number of unbranched alkanes of at least 4 members (excludes halogenated alkanes) is 2. The highest BCUT2D eigenvalue weighted by Crippen LogP contribution is 2.39. The van der Waals surface area contributed by atoms with Crippen molar-refractivity contribution in [3.05, 3.63) is 37.0 Å². The second kappa shape index (κ2) is 13.2. The summed E-state index contributed by atoms with van der Waals surface area (Å²) in [7, 11) is -0.299. The second-order valence-electron chi connectivity index (χ2n) is 9.35. The average molecular weight is 425 g/mol. The minimum atomic E-state index is -1.98. The van der Waals surface area contributed by atoms with Crippen molar-refractivity contribution in [3.8, 4) is 0 Å². The lowest BCUT2D eigenvalue weighted by molar-refractivity contribution is -0.142. The number of rotatable bonds is 14. The zero-order valence-electron chi connectivity index (χ0n) is 20.0. The van der Waals surface area contributed by atoms with Gasteiger partial charge in [0.05, 0.1) is 6.10 Å². The van der Waals surface area contributed by atoms with Gasteiger partial charge in [0.15, 0.2) is 8.32 Å². The topological polar surface area (TPSA) is 44.8 Å². The first-order valence-electron chi connectivity index (χ1n) is 10.7. The third kappa shape index (κ3) is 10.4. The third-order valence-electron chi connectivity index (χ3n) is 5.63. The van der Waals surface area contributed by atoms with Crippen LogP contribution in [-0.2, 0) is 18.7 Å². The Morgan fingerprint density at radius 1 is 1.17 bits per heavy atom. The Morgan fingerprint density at radius 2 is 1.79 bits per heavy atom. The average Bonchev–Trinajstić information content (AvgIpc) is 2.62. The lowest BCUT2D eigenvalue weighted by Gasteiger charge is -2.42. The number of carbonyl (C=O) groups is 1. The van der Waals surface area contributed by atoms with Gasteiger partial charge in [-0.15, -0.1) is 13.2 Å². The largest absolute Gasteiger partial charge is 0.461 e. The van der Waals surface area contributed by atoms with Crippen molar-refractivity contribution in [2.75, 3.05) is 13.7 Å². The van der Waals surface area contributed by atoms with Crippen molar-refractivity contribution < 1.29 is 18.7 Å². The molecule has 5 heteroatoms.